The van der Waals surface area contributed by atoms with Gasteiger partial charge in [0.25, 0.3) is 0 Å². The third kappa shape index (κ3) is 1.82. The minimum Gasteiger partial charge on any atom is -0.388 e. The summed E-state index contributed by atoms with van der Waals surface area (Å²) >= 11 is 0. The molecule has 78 valence electrons. The van der Waals surface area contributed by atoms with Crippen LogP contribution in [0.2, 0.25) is 0 Å². The average Bonchev–Trinajstić information content (AvgIpc) is 2.73. The molecule has 0 spiro atoms. The van der Waals surface area contributed by atoms with Crippen LogP contribution in [0.4, 0.5) is 0 Å². The molecule has 0 amide bonds. The molecule has 3 atom stereocenters. The molecule has 1 aromatic rings. The molecule has 0 radical (unpaired) electrons. The Balaban J connectivity index is 2.05. The van der Waals surface area contributed by atoms with Gasteiger partial charge in [-0.2, -0.15) is 5.10 Å². The summed E-state index contributed by atoms with van der Waals surface area (Å²) in [5.74, 6) is 1.21. The van der Waals surface area contributed by atoms with Crippen molar-refractivity contribution in [3.05, 3.63) is 18.0 Å². The first kappa shape index (κ1) is 9.71. The van der Waals surface area contributed by atoms with Gasteiger partial charge in [0.2, 0.25) is 0 Å². The first-order valence-electron chi connectivity index (χ1n) is 5.33. The normalized spacial score (nSPS) is 29.4. The summed E-state index contributed by atoms with van der Waals surface area (Å²) in [4.78, 5) is 0. The topological polar surface area (TPSA) is 38.1 Å². The van der Waals surface area contributed by atoms with Gasteiger partial charge in [-0.15, -0.1) is 0 Å². The van der Waals surface area contributed by atoms with Gasteiger partial charge in [0.1, 0.15) is 0 Å². The Morgan fingerprint density at radius 2 is 2.36 bits per heavy atom. The van der Waals surface area contributed by atoms with Crippen LogP contribution in [-0.2, 0) is 7.05 Å². The van der Waals surface area contributed by atoms with Crippen molar-refractivity contribution in [2.45, 2.75) is 32.3 Å². The molecule has 0 aliphatic heterocycles. The van der Waals surface area contributed by atoms with Crippen molar-refractivity contribution in [3.63, 3.8) is 0 Å². The Bertz CT molecular complexity index is 308. The van der Waals surface area contributed by atoms with Gasteiger partial charge in [-0.05, 0) is 24.7 Å². The van der Waals surface area contributed by atoms with Crippen molar-refractivity contribution in [2.24, 2.45) is 18.9 Å². The summed E-state index contributed by atoms with van der Waals surface area (Å²) in [5.41, 5.74) is 0.964. The summed E-state index contributed by atoms with van der Waals surface area (Å²) in [6.45, 7) is 2.26. The van der Waals surface area contributed by atoms with E-state index in [1.54, 1.807) is 10.9 Å². The maximum atomic E-state index is 10.1. The fraction of sp³-hybridized carbons (Fsp3) is 0.727. The van der Waals surface area contributed by atoms with E-state index in [1.807, 2.05) is 13.2 Å². The van der Waals surface area contributed by atoms with Crippen LogP contribution in [0.15, 0.2) is 12.4 Å². The van der Waals surface area contributed by atoms with Crippen LogP contribution < -0.4 is 0 Å². The van der Waals surface area contributed by atoms with Gasteiger partial charge in [0.05, 0.1) is 12.3 Å². The lowest BCUT2D eigenvalue weighted by atomic mass is 9.96. The predicted molar refractivity (Wildman–Crippen MR) is 54.7 cm³/mol. The zero-order valence-corrected chi connectivity index (χ0v) is 8.85. The van der Waals surface area contributed by atoms with Gasteiger partial charge in [0.15, 0.2) is 0 Å². The van der Waals surface area contributed by atoms with Crippen molar-refractivity contribution >= 4 is 0 Å². The standard InChI is InChI=1S/C11H18N2O/c1-8-3-4-9(5-8)11(14)10-6-12-13(2)7-10/h6-9,11,14H,3-5H2,1-2H3. The summed E-state index contributed by atoms with van der Waals surface area (Å²) in [6, 6.07) is 0. The van der Waals surface area contributed by atoms with Crippen LogP contribution >= 0.6 is 0 Å². The summed E-state index contributed by atoms with van der Waals surface area (Å²) in [6.07, 6.45) is 6.92. The van der Waals surface area contributed by atoms with E-state index < -0.39 is 0 Å². The molecule has 3 heteroatoms. The van der Waals surface area contributed by atoms with Gasteiger partial charge < -0.3 is 5.11 Å². The Hall–Kier alpha value is -0.830. The lowest BCUT2D eigenvalue weighted by Crippen LogP contribution is -2.08. The molecule has 1 aromatic heterocycles. The lowest BCUT2D eigenvalue weighted by Gasteiger charge is -2.16. The van der Waals surface area contributed by atoms with Crippen molar-refractivity contribution in [1.29, 1.82) is 0 Å². The largest absolute Gasteiger partial charge is 0.388 e. The van der Waals surface area contributed by atoms with Gasteiger partial charge in [-0.3, -0.25) is 4.68 Å². The molecule has 1 heterocycles. The number of aromatic nitrogens is 2. The third-order valence-electron chi connectivity index (χ3n) is 3.25. The molecule has 0 aromatic carbocycles. The highest BCUT2D eigenvalue weighted by Gasteiger charge is 2.28. The smallest absolute Gasteiger partial charge is 0.0848 e. The highest BCUT2D eigenvalue weighted by Crippen LogP contribution is 2.38. The molecule has 3 unspecified atom stereocenters. The first-order valence-corrected chi connectivity index (χ1v) is 5.33. The highest BCUT2D eigenvalue weighted by atomic mass is 16.3. The SMILES string of the molecule is CC1CCC(C(O)c2cnn(C)c2)C1. The second-order valence-electron chi connectivity index (χ2n) is 4.57. The fourth-order valence-electron chi connectivity index (χ4n) is 2.40. The maximum absolute atomic E-state index is 10.1. The number of aliphatic hydroxyl groups excluding tert-OH is 1. The van der Waals surface area contributed by atoms with Crippen LogP contribution in [0.5, 0.6) is 0 Å². The summed E-state index contributed by atoms with van der Waals surface area (Å²) < 4.78 is 1.75. The van der Waals surface area contributed by atoms with Crippen molar-refractivity contribution < 1.29 is 5.11 Å². The van der Waals surface area contributed by atoms with E-state index in [-0.39, 0.29) is 6.10 Å². The molecule has 0 saturated heterocycles. The molecule has 1 N–H and O–H groups in total. The second kappa shape index (κ2) is 3.73. The zero-order chi connectivity index (χ0) is 10.1. The molecule has 3 nitrogen and oxygen atoms in total. The van der Waals surface area contributed by atoms with Gasteiger partial charge >= 0.3 is 0 Å². The monoisotopic (exact) mass is 194 g/mol. The summed E-state index contributed by atoms with van der Waals surface area (Å²) in [7, 11) is 1.88. The number of hydrogen-bond donors (Lipinski definition) is 1. The van der Waals surface area contributed by atoms with E-state index >= 15 is 0 Å². The van der Waals surface area contributed by atoms with E-state index in [0.29, 0.717) is 5.92 Å². The van der Waals surface area contributed by atoms with Crippen molar-refractivity contribution in [1.82, 2.24) is 9.78 Å². The van der Waals surface area contributed by atoms with Gasteiger partial charge in [-0.1, -0.05) is 13.3 Å². The van der Waals surface area contributed by atoms with E-state index in [4.69, 9.17) is 0 Å². The van der Waals surface area contributed by atoms with Crippen molar-refractivity contribution in [3.8, 4) is 0 Å². The third-order valence-corrected chi connectivity index (χ3v) is 3.25. The van der Waals surface area contributed by atoms with E-state index in [1.165, 1.54) is 6.42 Å². The molecule has 14 heavy (non-hydrogen) atoms. The predicted octanol–water partition coefficient (Wildman–Crippen LogP) is 1.89. The Kier molecular flexibility index (Phi) is 2.59. The number of aryl methyl sites for hydroxylation is 1. The quantitative estimate of drug-likeness (QED) is 0.780. The molecule has 1 aliphatic carbocycles. The molecule has 1 aliphatic rings. The Morgan fingerprint density at radius 3 is 2.86 bits per heavy atom. The van der Waals surface area contributed by atoms with Crippen LogP contribution in [-0.4, -0.2) is 14.9 Å². The second-order valence-corrected chi connectivity index (χ2v) is 4.57. The Labute approximate surface area is 84.7 Å². The van der Waals surface area contributed by atoms with E-state index in [9.17, 15) is 5.11 Å². The first-order chi connectivity index (χ1) is 6.66. The van der Waals surface area contributed by atoms with E-state index in [2.05, 4.69) is 12.0 Å². The molecule has 1 fully saturated rings. The van der Waals surface area contributed by atoms with Crippen LogP contribution in [0.25, 0.3) is 0 Å². The van der Waals surface area contributed by atoms with E-state index in [0.717, 1.165) is 24.3 Å². The summed E-state index contributed by atoms with van der Waals surface area (Å²) in [5, 5.41) is 14.2. The molecule has 2 rings (SSSR count). The molecule has 0 bridgehead atoms. The zero-order valence-electron chi connectivity index (χ0n) is 8.85. The fourth-order valence-corrected chi connectivity index (χ4v) is 2.40. The molecular weight excluding hydrogens is 176 g/mol. The maximum Gasteiger partial charge on any atom is 0.0848 e. The molecular formula is C11H18N2O. The number of nitrogens with zero attached hydrogens (tertiary/aromatic N) is 2. The van der Waals surface area contributed by atoms with Crippen LogP contribution in [0.1, 0.15) is 37.9 Å². The number of hydrogen-bond acceptors (Lipinski definition) is 2. The Morgan fingerprint density at radius 1 is 1.57 bits per heavy atom. The minimum absolute atomic E-state index is 0.311. The highest BCUT2D eigenvalue weighted by molar-refractivity contribution is 5.09. The average molecular weight is 194 g/mol. The lowest BCUT2D eigenvalue weighted by molar-refractivity contribution is 0.109. The number of aliphatic hydroxyl groups is 1. The van der Waals surface area contributed by atoms with Crippen LogP contribution in [0, 0.1) is 11.8 Å². The number of rotatable bonds is 2. The van der Waals surface area contributed by atoms with Gasteiger partial charge in [-0.25, -0.2) is 0 Å². The minimum atomic E-state index is -0.311. The van der Waals surface area contributed by atoms with Crippen LogP contribution in [0.3, 0.4) is 0 Å². The van der Waals surface area contributed by atoms with Crippen molar-refractivity contribution in [2.75, 3.05) is 0 Å². The van der Waals surface area contributed by atoms with Gasteiger partial charge in [0, 0.05) is 18.8 Å². The molecule has 1 saturated carbocycles.